The molecule has 0 spiro atoms. The van der Waals surface area contributed by atoms with Crippen molar-refractivity contribution in [1.29, 1.82) is 0 Å². The van der Waals surface area contributed by atoms with Crippen molar-refractivity contribution in [2.75, 3.05) is 6.61 Å². The SMILES string of the molecule is NC(=O)CC(N)COCc1ccccc1. The van der Waals surface area contributed by atoms with E-state index in [1.54, 1.807) is 0 Å². The minimum atomic E-state index is -0.397. The Hall–Kier alpha value is -1.39. The van der Waals surface area contributed by atoms with Crippen LogP contribution in [0.15, 0.2) is 30.3 Å². The van der Waals surface area contributed by atoms with Crippen LogP contribution in [0.4, 0.5) is 0 Å². The second-order valence-electron chi connectivity index (χ2n) is 3.43. The molecular weight excluding hydrogens is 192 g/mol. The molecule has 15 heavy (non-hydrogen) atoms. The molecule has 0 radical (unpaired) electrons. The average Bonchev–Trinajstić information content (AvgIpc) is 2.18. The van der Waals surface area contributed by atoms with Gasteiger partial charge >= 0.3 is 0 Å². The maximum absolute atomic E-state index is 10.5. The third kappa shape index (κ3) is 5.15. The average molecular weight is 208 g/mol. The fourth-order valence-corrected chi connectivity index (χ4v) is 1.22. The van der Waals surface area contributed by atoms with Crippen molar-refractivity contribution in [3.63, 3.8) is 0 Å². The zero-order valence-electron chi connectivity index (χ0n) is 8.56. The van der Waals surface area contributed by atoms with Gasteiger partial charge in [-0.05, 0) is 5.56 Å². The quantitative estimate of drug-likeness (QED) is 0.710. The molecule has 0 heterocycles. The Morgan fingerprint density at radius 1 is 1.33 bits per heavy atom. The first-order chi connectivity index (χ1) is 7.18. The zero-order valence-corrected chi connectivity index (χ0v) is 8.56. The van der Waals surface area contributed by atoms with Gasteiger partial charge in [-0.1, -0.05) is 30.3 Å². The first-order valence-corrected chi connectivity index (χ1v) is 4.84. The minimum Gasteiger partial charge on any atom is -0.375 e. The molecule has 1 amide bonds. The number of rotatable bonds is 6. The van der Waals surface area contributed by atoms with E-state index in [1.807, 2.05) is 30.3 Å². The lowest BCUT2D eigenvalue weighted by atomic mass is 10.2. The van der Waals surface area contributed by atoms with Gasteiger partial charge in [0.05, 0.1) is 13.2 Å². The van der Waals surface area contributed by atoms with E-state index in [0.717, 1.165) is 5.56 Å². The van der Waals surface area contributed by atoms with Crippen LogP contribution in [0.25, 0.3) is 0 Å². The van der Waals surface area contributed by atoms with Gasteiger partial charge in [-0.2, -0.15) is 0 Å². The normalized spacial score (nSPS) is 12.3. The summed E-state index contributed by atoms with van der Waals surface area (Å²) in [6.45, 7) is 0.852. The molecule has 0 aromatic heterocycles. The van der Waals surface area contributed by atoms with Gasteiger partial charge in [0.2, 0.25) is 5.91 Å². The molecular formula is C11H16N2O2. The number of carbonyl (C=O) groups excluding carboxylic acids is 1. The molecule has 0 saturated heterocycles. The third-order valence-electron chi connectivity index (χ3n) is 1.91. The van der Waals surface area contributed by atoms with Gasteiger partial charge in [-0.25, -0.2) is 0 Å². The molecule has 1 aromatic rings. The highest BCUT2D eigenvalue weighted by molar-refractivity contribution is 5.74. The summed E-state index contributed by atoms with van der Waals surface area (Å²) in [7, 11) is 0. The second-order valence-corrected chi connectivity index (χ2v) is 3.43. The highest BCUT2D eigenvalue weighted by Crippen LogP contribution is 2.01. The van der Waals surface area contributed by atoms with Crippen molar-refractivity contribution < 1.29 is 9.53 Å². The summed E-state index contributed by atoms with van der Waals surface area (Å²) in [6, 6.07) is 9.47. The number of benzene rings is 1. The summed E-state index contributed by atoms with van der Waals surface area (Å²) < 4.78 is 5.35. The van der Waals surface area contributed by atoms with Gasteiger partial charge in [0.15, 0.2) is 0 Å². The molecule has 0 fully saturated rings. The van der Waals surface area contributed by atoms with Crippen LogP contribution in [-0.2, 0) is 16.1 Å². The molecule has 0 bridgehead atoms. The first kappa shape index (κ1) is 11.7. The molecule has 0 aliphatic heterocycles. The molecule has 4 nitrogen and oxygen atoms in total. The van der Waals surface area contributed by atoms with Gasteiger partial charge in [0, 0.05) is 12.5 Å². The maximum Gasteiger partial charge on any atom is 0.219 e. The van der Waals surface area contributed by atoms with Crippen molar-refractivity contribution in [2.24, 2.45) is 11.5 Å². The van der Waals surface area contributed by atoms with Gasteiger partial charge in [0.1, 0.15) is 0 Å². The largest absolute Gasteiger partial charge is 0.375 e. The summed E-state index contributed by atoms with van der Waals surface area (Å²) in [6.07, 6.45) is 0.161. The Labute approximate surface area is 89.2 Å². The van der Waals surface area contributed by atoms with Gasteiger partial charge in [-0.15, -0.1) is 0 Å². The highest BCUT2D eigenvalue weighted by atomic mass is 16.5. The van der Waals surface area contributed by atoms with E-state index in [1.165, 1.54) is 0 Å². The molecule has 0 saturated carbocycles. The van der Waals surface area contributed by atoms with E-state index < -0.39 is 5.91 Å². The summed E-state index contributed by atoms with van der Waals surface area (Å²) in [5.74, 6) is -0.397. The maximum atomic E-state index is 10.5. The monoisotopic (exact) mass is 208 g/mol. The Balaban J connectivity index is 2.19. The van der Waals surface area contributed by atoms with Crippen molar-refractivity contribution in [3.8, 4) is 0 Å². The van der Waals surface area contributed by atoms with Gasteiger partial charge < -0.3 is 16.2 Å². The molecule has 0 aliphatic rings. The number of hydrogen-bond donors (Lipinski definition) is 2. The Bertz CT molecular complexity index is 301. The number of carbonyl (C=O) groups is 1. The summed E-state index contributed by atoms with van der Waals surface area (Å²) in [5.41, 5.74) is 11.7. The molecule has 1 unspecified atom stereocenters. The lowest BCUT2D eigenvalue weighted by molar-refractivity contribution is -0.118. The fourth-order valence-electron chi connectivity index (χ4n) is 1.22. The van der Waals surface area contributed by atoms with Gasteiger partial charge in [-0.3, -0.25) is 4.79 Å². The van der Waals surface area contributed by atoms with Crippen LogP contribution in [0.3, 0.4) is 0 Å². The van der Waals surface area contributed by atoms with E-state index in [-0.39, 0.29) is 12.5 Å². The predicted molar refractivity (Wildman–Crippen MR) is 57.9 cm³/mol. The number of amides is 1. The van der Waals surface area contributed by atoms with Gasteiger partial charge in [0.25, 0.3) is 0 Å². The Morgan fingerprint density at radius 2 is 2.00 bits per heavy atom. The van der Waals surface area contributed by atoms with Crippen molar-refractivity contribution in [2.45, 2.75) is 19.1 Å². The van der Waals surface area contributed by atoms with Crippen LogP contribution < -0.4 is 11.5 Å². The van der Waals surface area contributed by atoms with Crippen LogP contribution in [0.2, 0.25) is 0 Å². The smallest absolute Gasteiger partial charge is 0.219 e. The molecule has 4 heteroatoms. The molecule has 1 rings (SSSR count). The fraction of sp³-hybridized carbons (Fsp3) is 0.364. The van der Waals surface area contributed by atoms with Crippen LogP contribution in [-0.4, -0.2) is 18.6 Å². The van der Waals surface area contributed by atoms with Crippen LogP contribution in [0.5, 0.6) is 0 Å². The highest BCUT2D eigenvalue weighted by Gasteiger charge is 2.06. The predicted octanol–water partition coefficient (Wildman–Crippen LogP) is 0.406. The molecule has 1 aromatic carbocycles. The van der Waals surface area contributed by atoms with Crippen molar-refractivity contribution in [1.82, 2.24) is 0 Å². The second kappa shape index (κ2) is 6.16. The third-order valence-corrected chi connectivity index (χ3v) is 1.91. The molecule has 82 valence electrons. The number of ether oxygens (including phenoxy) is 1. The molecule has 0 aliphatic carbocycles. The van der Waals surface area contributed by atoms with Crippen molar-refractivity contribution >= 4 is 5.91 Å². The molecule has 4 N–H and O–H groups in total. The Morgan fingerprint density at radius 3 is 2.60 bits per heavy atom. The lowest BCUT2D eigenvalue weighted by Gasteiger charge is -2.09. The van der Waals surface area contributed by atoms with Crippen LogP contribution in [0, 0.1) is 0 Å². The lowest BCUT2D eigenvalue weighted by Crippen LogP contribution is -2.31. The molecule has 1 atom stereocenters. The van der Waals surface area contributed by atoms with E-state index in [0.29, 0.717) is 13.2 Å². The summed E-state index contributed by atoms with van der Waals surface area (Å²) in [4.78, 5) is 10.5. The first-order valence-electron chi connectivity index (χ1n) is 4.84. The van der Waals surface area contributed by atoms with Crippen molar-refractivity contribution in [3.05, 3.63) is 35.9 Å². The Kier molecular flexibility index (Phi) is 4.80. The van der Waals surface area contributed by atoms with Crippen LogP contribution in [0.1, 0.15) is 12.0 Å². The van der Waals surface area contributed by atoms with E-state index in [9.17, 15) is 4.79 Å². The minimum absolute atomic E-state index is 0.161. The van der Waals surface area contributed by atoms with E-state index >= 15 is 0 Å². The number of hydrogen-bond acceptors (Lipinski definition) is 3. The summed E-state index contributed by atoms with van der Waals surface area (Å²) >= 11 is 0. The van der Waals surface area contributed by atoms with E-state index in [4.69, 9.17) is 16.2 Å². The van der Waals surface area contributed by atoms with E-state index in [2.05, 4.69) is 0 Å². The topological polar surface area (TPSA) is 78.3 Å². The van der Waals surface area contributed by atoms with Crippen LogP contribution >= 0.6 is 0 Å². The zero-order chi connectivity index (χ0) is 11.1. The number of nitrogens with two attached hydrogens (primary N) is 2. The summed E-state index contributed by atoms with van der Waals surface area (Å²) in [5, 5.41) is 0. The number of primary amides is 1. The standard InChI is InChI=1S/C11H16N2O2/c12-10(6-11(13)14)8-15-7-9-4-2-1-3-5-9/h1-5,10H,6-8,12H2,(H2,13,14).